The molecular formula is C26H29N7O4S. The molecule has 0 spiro atoms. The Hall–Kier alpha value is -3.90. The number of morpholine rings is 1. The Bertz CT molecular complexity index is 1380. The summed E-state index contributed by atoms with van der Waals surface area (Å²) in [6, 6.07) is 5.94. The highest BCUT2D eigenvalue weighted by Crippen LogP contribution is 2.29. The Morgan fingerprint density at radius 3 is 2.76 bits per heavy atom. The monoisotopic (exact) mass is 535 g/mol. The summed E-state index contributed by atoms with van der Waals surface area (Å²) in [6.07, 6.45) is 7.37. The molecule has 0 amide bonds. The lowest BCUT2D eigenvalue weighted by Crippen LogP contribution is -2.39. The van der Waals surface area contributed by atoms with Crippen molar-refractivity contribution in [3.05, 3.63) is 59.0 Å². The number of esters is 1. The maximum absolute atomic E-state index is 11.8. The van der Waals surface area contributed by atoms with Crippen LogP contribution in [0.3, 0.4) is 0 Å². The van der Waals surface area contributed by atoms with Crippen molar-refractivity contribution in [1.82, 2.24) is 24.9 Å². The summed E-state index contributed by atoms with van der Waals surface area (Å²) in [4.78, 5) is 39.5. The van der Waals surface area contributed by atoms with Gasteiger partial charge in [0.25, 0.3) is 0 Å². The van der Waals surface area contributed by atoms with E-state index in [0.717, 1.165) is 28.7 Å². The van der Waals surface area contributed by atoms with Crippen molar-refractivity contribution in [3.8, 4) is 5.88 Å². The van der Waals surface area contributed by atoms with E-state index in [0.29, 0.717) is 49.6 Å². The largest absolute Gasteiger partial charge is 0.481 e. The number of carbonyl (C=O) groups excluding carboxylic acids is 1. The molecule has 12 heteroatoms. The van der Waals surface area contributed by atoms with Gasteiger partial charge in [-0.15, -0.1) is 11.3 Å². The number of thiophene rings is 1. The summed E-state index contributed by atoms with van der Waals surface area (Å²) < 4.78 is 17.2. The number of aromatic nitrogens is 5. The standard InChI is InChI=1S/C26H29N7O4S/c1-4-36-24(34)18-13-28-25(29-14-18)32(2)8-7-19-11-20-22(38-19)15-30-26(31-20)33-9-10-37-21(16-33)17-5-6-23(35-3)27-12-17/h5-6,11-15,21H,4,7-10,16H2,1-3H3. The third-order valence-electron chi connectivity index (χ3n) is 6.18. The van der Waals surface area contributed by atoms with Crippen LogP contribution in [0, 0.1) is 0 Å². The average Bonchev–Trinajstić information content (AvgIpc) is 3.38. The fourth-order valence-corrected chi connectivity index (χ4v) is 5.07. The Balaban J connectivity index is 1.21. The van der Waals surface area contributed by atoms with Crippen LogP contribution >= 0.6 is 11.3 Å². The molecule has 4 aromatic heterocycles. The second-order valence-electron chi connectivity index (χ2n) is 8.74. The minimum atomic E-state index is -0.419. The van der Waals surface area contributed by atoms with Crippen LogP contribution < -0.4 is 14.5 Å². The molecule has 0 aromatic carbocycles. The Morgan fingerprint density at radius 1 is 1.18 bits per heavy atom. The molecule has 4 aromatic rings. The number of ether oxygens (including phenoxy) is 3. The van der Waals surface area contributed by atoms with Crippen LogP contribution in [0.1, 0.15) is 33.8 Å². The Morgan fingerprint density at radius 2 is 2.03 bits per heavy atom. The molecule has 5 rings (SSSR count). The molecular weight excluding hydrogens is 506 g/mol. The summed E-state index contributed by atoms with van der Waals surface area (Å²) in [5.41, 5.74) is 2.27. The Kier molecular flexibility index (Phi) is 7.89. The van der Waals surface area contributed by atoms with Crippen molar-refractivity contribution < 1.29 is 19.0 Å². The molecule has 0 bridgehead atoms. The van der Waals surface area contributed by atoms with Crippen molar-refractivity contribution in [3.63, 3.8) is 0 Å². The van der Waals surface area contributed by atoms with E-state index in [4.69, 9.17) is 19.2 Å². The molecule has 1 atom stereocenters. The number of hydrogen-bond acceptors (Lipinski definition) is 12. The van der Waals surface area contributed by atoms with Gasteiger partial charge in [0.15, 0.2) is 0 Å². The van der Waals surface area contributed by atoms with Crippen LogP contribution in [0.25, 0.3) is 10.2 Å². The van der Waals surface area contributed by atoms with E-state index in [1.54, 1.807) is 31.6 Å². The van der Waals surface area contributed by atoms with Crippen LogP contribution in [0.15, 0.2) is 43.0 Å². The lowest BCUT2D eigenvalue weighted by molar-refractivity contribution is 0.0390. The predicted molar refractivity (Wildman–Crippen MR) is 144 cm³/mol. The van der Waals surface area contributed by atoms with Gasteiger partial charge in [-0.05, 0) is 25.5 Å². The summed E-state index contributed by atoms with van der Waals surface area (Å²) in [5, 5.41) is 0. The highest BCUT2D eigenvalue weighted by Gasteiger charge is 2.24. The molecule has 5 heterocycles. The fraction of sp³-hybridized carbons (Fsp3) is 0.385. The van der Waals surface area contributed by atoms with Gasteiger partial charge in [-0.3, -0.25) is 0 Å². The van der Waals surface area contributed by atoms with Gasteiger partial charge in [0.2, 0.25) is 17.8 Å². The molecule has 0 aliphatic carbocycles. The number of carbonyl (C=O) groups is 1. The van der Waals surface area contributed by atoms with E-state index < -0.39 is 5.97 Å². The molecule has 38 heavy (non-hydrogen) atoms. The molecule has 198 valence electrons. The summed E-state index contributed by atoms with van der Waals surface area (Å²) in [6.45, 7) is 4.75. The second kappa shape index (κ2) is 11.7. The van der Waals surface area contributed by atoms with Crippen molar-refractivity contribution in [2.45, 2.75) is 19.4 Å². The van der Waals surface area contributed by atoms with Crippen molar-refractivity contribution in [1.29, 1.82) is 0 Å². The molecule has 0 saturated carbocycles. The molecule has 1 fully saturated rings. The zero-order valence-corrected chi connectivity index (χ0v) is 22.3. The number of likely N-dealkylation sites (N-methyl/N-ethyl adjacent to an activating group) is 1. The minimum absolute atomic E-state index is 0.108. The lowest BCUT2D eigenvalue weighted by atomic mass is 10.1. The first kappa shape index (κ1) is 25.7. The van der Waals surface area contributed by atoms with Crippen LogP contribution in [0.2, 0.25) is 0 Å². The van der Waals surface area contributed by atoms with E-state index in [2.05, 4.69) is 30.9 Å². The number of pyridine rings is 1. The molecule has 0 N–H and O–H groups in total. The second-order valence-corrected chi connectivity index (χ2v) is 9.90. The molecule has 1 aliphatic heterocycles. The number of methoxy groups -OCH3 is 1. The number of rotatable bonds is 9. The maximum Gasteiger partial charge on any atom is 0.341 e. The van der Waals surface area contributed by atoms with E-state index >= 15 is 0 Å². The third kappa shape index (κ3) is 5.81. The first-order valence-corrected chi connectivity index (χ1v) is 13.2. The normalized spacial score (nSPS) is 15.4. The quantitative estimate of drug-likeness (QED) is 0.294. The highest BCUT2D eigenvalue weighted by atomic mass is 32.1. The first-order chi connectivity index (χ1) is 18.5. The van der Waals surface area contributed by atoms with Crippen LogP contribution in [0.5, 0.6) is 5.88 Å². The van der Waals surface area contributed by atoms with Crippen LogP contribution in [-0.2, 0) is 15.9 Å². The van der Waals surface area contributed by atoms with Gasteiger partial charge in [-0.2, -0.15) is 0 Å². The number of fused-ring (bicyclic) bond motifs is 1. The van der Waals surface area contributed by atoms with E-state index in [-0.39, 0.29) is 6.10 Å². The molecule has 1 saturated heterocycles. The molecule has 11 nitrogen and oxygen atoms in total. The average molecular weight is 536 g/mol. The molecule has 0 radical (unpaired) electrons. The molecule has 1 aliphatic rings. The van der Waals surface area contributed by atoms with E-state index in [1.807, 2.05) is 30.3 Å². The fourth-order valence-electron chi connectivity index (χ4n) is 4.11. The van der Waals surface area contributed by atoms with Gasteiger partial charge < -0.3 is 24.0 Å². The lowest BCUT2D eigenvalue weighted by Gasteiger charge is -2.33. The Labute approximate surface area is 224 Å². The van der Waals surface area contributed by atoms with E-state index in [1.165, 1.54) is 17.3 Å². The highest BCUT2D eigenvalue weighted by molar-refractivity contribution is 7.18. The van der Waals surface area contributed by atoms with Crippen molar-refractivity contribution >= 4 is 39.4 Å². The third-order valence-corrected chi connectivity index (χ3v) is 7.30. The summed E-state index contributed by atoms with van der Waals surface area (Å²) >= 11 is 1.69. The van der Waals surface area contributed by atoms with Gasteiger partial charge in [0.1, 0.15) is 6.10 Å². The minimum Gasteiger partial charge on any atom is -0.481 e. The van der Waals surface area contributed by atoms with Gasteiger partial charge in [-0.25, -0.2) is 29.7 Å². The van der Waals surface area contributed by atoms with Gasteiger partial charge in [0, 0.05) is 55.2 Å². The summed E-state index contributed by atoms with van der Waals surface area (Å²) in [5.74, 6) is 1.41. The topological polar surface area (TPSA) is 116 Å². The van der Waals surface area contributed by atoms with Gasteiger partial charge in [-0.1, -0.05) is 0 Å². The van der Waals surface area contributed by atoms with Gasteiger partial charge >= 0.3 is 5.97 Å². The van der Waals surface area contributed by atoms with Crippen LogP contribution in [0.4, 0.5) is 11.9 Å². The zero-order chi connectivity index (χ0) is 26.5. The zero-order valence-electron chi connectivity index (χ0n) is 21.5. The SMILES string of the molecule is CCOC(=O)c1cnc(N(C)CCc2cc3nc(N4CCOC(c5ccc(OC)nc5)C4)ncc3s2)nc1. The van der Waals surface area contributed by atoms with Crippen LogP contribution in [-0.4, -0.2) is 77.9 Å². The number of nitrogens with zero attached hydrogens (tertiary/aromatic N) is 7. The molecule has 1 unspecified atom stereocenters. The predicted octanol–water partition coefficient (Wildman–Crippen LogP) is 3.32. The van der Waals surface area contributed by atoms with Gasteiger partial charge in [0.05, 0.1) is 48.8 Å². The maximum atomic E-state index is 11.8. The van der Waals surface area contributed by atoms with E-state index in [9.17, 15) is 4.79 Å². The van der Waals surface area contributed by atoms with Crippen molar-refractivity contribution in [2.24, 2.45) is 0 Å². The smallest absolute Gasteiger partial charge is 0.341 e. The summed E-state index contributed by atoms with van der Waals surface area (Å²) in [7, 11) is 3.53. The first-order valence-electron chi connectivity index (χ1n) is 12.4. The van der Waals surface area contributed by atoms with Crippen molar-refractivity contribution in [2.75, 3.05) is 56.8 Å². The number of anilines is 2. The number of hydrogen-bond donors (Lipinski definition) is 0.